The number of hydrogen-bond acceptors (Lipinski definition) is 4. The summed E-state index contributed by atoms with van der Waals surface area (Å²) in [5.74, 6) is 1.52. The fourth-order valence-corrected chi connectivity index (χ4v) is 1.61. The molecule has 88 valence electrons. The fourth-order valence-electron chi connectivity index (χ4n) is 1.44. The first-order valence-electron chi connectivity index (χ1n) is 4.93. The number of methoxy groups -OCH3 is 1. The highest BCUT2D eigenvalue weighted by molar-refractivity contribution is 6.67. The van der Waals surface area contributed by atoms with Crippen molar-refractivity contribution in [3.63, 3.8) is 0 Å². The highest BCUT2D eigenvalue weighted by atomic mass is 35.5. The molecule has 0 amide bonds. The van der Waals surface area contributed by atoms with Crippen molar-refractivity contribution in [3.05, 3.63) is 35.7 Å². The van der Waals surface area contributed by atoms with Gasteiger partial charge in [-0.15, -0.1) is 0 Å². The summed E-state index contributed by atoms with van der Waals surface area (Å²) in [7, 11) is 1.59. The number of nitrogens with zero attached hydrogens (tertiary/aromatic N) is 1. The molecule has 2 aromatic rings. The van der Waals surface area contributed by atoms with Gasteiger partial charge in [0.25, 0.3) is 5.24 Å². The second-order valence-electron chi connectivity index (χ2n) is 3.43. The summed E-state index contributed by atoms with van der Waals surface area (Å²) < 4.78 is 10.4. The molecule has 1 heterocycles. The van der Waals surface area contributed by atoms with E-state index in [1.165, 1.54) is 0 Å². The smallest absolute Gasteiger partial charge is 0.274 e. The summed E-state index contributed by atoms with van der Waals surface area (Å²) in [6.45, 7) is 1.65. The Morgan fingerprint density at radius 1 is 1.35 bits per heavy atom. The topological polar surface area (TPSA) is 52.3 Å². The van der Waals surface area contributed by atoms with Crippen LogP contribution in [0.4, 0.5) is 0 Å². The van der Waals surface area contributed by atoms with E-state index in [4.69, 9.17) is 20.8 Å². The molecule has 5 heteroatoms. The number of benzene rings is 1. The number of hydrogen-bond donors (Lipinski definition) is 0. The van der Waals surface area contributed by atoms with E-state index in [0.29, 0.717) is 11.7 Å². The zero-order valence-electron chi connectivity index (χ0n) is 9.36. The zero-order chi connectivity index (χ0) is 12.4. The molecule has 0 saturated heterocycles. The minimum atomic E-state index is -0.619. The molecule has 4 nitrogen and oxygen atoms in total. The molecule has 17 heavy (non-hydrogen) atoms. The normalized spacial score (nSPS) is 10.3. The number of aryl methyl sites for hydroxylation is 1. The highest BCUT2D eigenvalue weighted by Crippen LogP contribution is 2.24. The molecule has 0 radical (unpaired) electrons. The maximum absolute atomic E-state index is 11.0. The predicted molar refractivity (Wildman–Crippen MR) is 63.4 cm³/mol. The lowest BCUT2D eigenvalue weighted by Crippen LogP contribution is -1.91. The Bertz CT molecular complexity index is 545. The summed E-state index contributed by atoms with van der Waals surface area (Å²) in [5.41, 5.74) is 0.913. The second kappa shape index (κ2) is 4.59. The van der Waals surface area contributed by atoms with Gasteiger partial charge in [-0.2, -0.15) is 0 Å². The van der Waals surface area contributed by atoms with Gasteiger partial charge in [-0.25, -0.2) is 4.98 Å². The SMILES string of the molecule is COc1ccc(-c2nc(C(=O)Cl)c(C)o2)cc1. The number of ether oxygens (including phenoxy) is 1. The number of rotatable bonds is 3. The van der Waals surface area contributed by atoms with Crippen LogP contribution in [0, 0.1) is 6.92 Å². The minimum Gasteiger partial charge on any atom is -0.497 e. The van der Waals surface area contributed by atoms with Gasteiger partial charge in [-0.05, 0) is 42.8 Å². The first-order valence-corrected chi connectivity index (χ1v) is 5.31. The van der Waals surface area contributed by atoms with E-state index in [9.17, 15) is 4.79 Å². The van der Waals surface area contributed by atoms with Gasteiger partial charge < -0.3 is 9.15 Å². The third-order valence-corrected chi connectivity index (χ3v) is 2.50. The van der Waals surface area contributed by atoms with Gasteiger partial charge in [0, 0.05) is 5.56 Å². The van der Waals surface area contributed by atoms with E-state index >= 15 is 0 Å². The molecule has 0 bridgehead atoms. The Morgan fingerprint density at radius 2 is 2.00 bits per heavy atom. The summed E-state index contributed by atoms with van der Waals surface area (Å²) in [6.07, 6.45) is 0. The van der Waals surface area contributed by atoms with Gasteiger partial charge >= 0.3 is 0 Å². The van der Waals surface area contributed by atoms with Crippen LogP contribution < -0.4 is 4.74 Å². The summed E-state index contributed by atoms with van der Waals surface area (Å²) in [4.78, 5) is 15.1. The van der Waals surface area contributed by atoms with Gasteiger partial charge in [0.15, 0.2) is 5.69 Å². The van der Waals surface area contributed by atoms with E-state index in [0.717, 1.165) is 11.3 Å². The Balaban J connectivity index is 2.39. The molecule has 2 rings (SSSR count). The van der Waals surface area contributed by atoms with Crippen molar-refractivity contribution in [2.75, 3.05) is 7.11 Å². The van der Waals surface area contributed by atoms with Crippen LogP contribution in [0.15, 0.2) is 28.7 Å². The lowest BCUT2D eigenvalue weighted by atomic mass is 10.2. The zero-order valence-corrected chi connectivity index (χ0v) is 10.1. The van der Waals surface area contributed by atoms with Crippen LogP contribution in [0.1, 0.15) is 16.2 Å². The third kappa shape index (κ3) is 2.31. The average Bonchev–Trinajstić information content (AvgIpc) is 2.71. The van der Waals surface area contributed by atoms with Crippen LogP contribution in [-0.4, -0.2) is 17.3 Å². The number of oxazole rings is 1. The average molecular weight is 252 g/mol. The Morgan fingerprint density at radius 3 is 2.47 bits per heavy atom. The van der Waals surface area contributed by atoms with Crippen LogP contribution in [0.5, 0.6) is 5.75 Å². The maximum atomic E-state index is 11.0. The van der Waals surface area contributed by atoms with Crippen molar-refractivity contribution in [3.8, 4) is 17.2 Å². The number of carbonyl (C=O) groups is 1. The number of halogens is 1. The molecule has 0 aliphatic heterocycles. The number of carbonyl (C=O) groups excluding carboxylic acids is 1. The van der Waals surface area contributed by atoms with Crippen LogP contribution in [0.25, 0.3) is 11.5 Å². The monoisotopic (exact) mass is 251 g/mol. The molecule has 0 saturated carbocycles. The van der Waals surface area contributed by atoms with Gasteiger partial charge in [-0.3, -0.25) is 4.79 Å². The lowest BCUT2D eigenvalue weighted by molar-refractivity contribution is 0.107. The van der Waals surface area contributed by atoms with Crippen LogP contribution in [0.3, 0.4) is 0 Å². The van der Waals surface area contributed by atoms with Gasteiger partial charge in [-0.1, -0.05) is 0 Å². The van der Waals surface area contributed by atoms with Crippen molar-refractivity contribution < 1.29 is 13.9 Å². The predicted octanol–water partition coefficient (Wildman–Crippen LogP) is 3.04. The van der Waals surface area contributed by atoms with Crippen molar-refractivity contribution in [2.45, 2.75) is 6.92 Å². The summed E-state index contributed by atoms with van der Waals surface area (Å²) in [5, 5.41) is -0.619. The Hall–Kier alpha value is -1.81. The highest BCUT2D eigenvalue weighted by Gasteiger charge is 2.15. The molecule has 0 N–H and O–H groups in total. The molecule has 1 aromatic heterocycles. The molecule has 1 aromatic carbocycles. The van der Waals surface area contributed by atoms with Crippen LogP contribution in [-0.2, 0) is 0 Å². The van der Waals surface area contributed by atoms with E-state index in [-0.39, 0.29) is 5.69 Å². The summed E-state index contributed by atoms with van der Waals surface area (Å²) >= 11 is 5.38. The van der Waals surface area contributed by atoms with E-state index in [2.05, 4.69) is 4.98 Å². The first-order chi connectivity index (χ1) is 8.11. The molecular formula is C12H10ClNO3. The Labute approximate surface area is 103 Å². The quantitative estimate of drug-likeness (QED) is 0.787. The molecule has 0 aliphatic carbocycles. The fraction of sp³-hybridized carbons (Fsp3) is 0.167. The van der Waals surface area contributed by atoms with Gasteiger partial charge in [0.2, 0.25) is 5.89 Å². The van der Waals surface area contributed by atoms with Crippen molar-refractivity contribution in [1.29, 1.82) is 0 Å². The third-order valence-electron chi connectivity index (χ3n) is 2.32. The maximum Gasteiger partial charge on any atom is 0.274 e. The van der Waals surface area contributed by atoms with E-state index in [1.807, 2.05) is 0 Å². The first kappa shape index (κ1) is 11.7. The van der Waals surface area contributed by atoms with Crippen LogP contribution >= 0.6 is 11.6 Å². The Kier molecular flexibility index (Phi) is 3.15. The van der Waals surface area contributed by atoms with Crippen LogP contribution in [0.2, 0.25) is 0 Å². The van der Waals surface area contributed by atoms with Crippen molar-refractivity contribution in [2.24, 2.45) is 0 Å². The molecular weight excluding hydrogens is 242 g/mol. The minimum absolute atomic E-state index is 0.150. The second-order valence-corrected chi connectivity index (χ2v) is 3.77. The molecule has 0 fully saturated rings. The van der Waals surface area contributed by atoms with E-state index < -0.39 is 5.24 Å². The molecule has 0 unspecified atom stereocenters. The van der Waals surface area contributed by atoms with E-state index in [1.54, 1.807) is 38.3 Å². The number of aromatic nitrogens is 1. The van der Waals surface area contributed by atoms with Gasteiger partial charge in [0.1, 0.15) is 11.5 Å². The largest absolute Gasteiger partial charge is 0.497 e. The lowest BCUT2D eigenvalue weighted by Gasteiger charge is -1.99. The molecule has 0 atom stereocenters. The van der Waals surface area contributed by atoms with Crippen molar-refractivity contribution in [1.82, 2.24) is 4.98 Å². The summed E-state index contributed by atoms with van der Waals surface area (Å²) in [6, 6.07) is 7.17. The molecule has 0 spiro atoms. The van der Waals surface area contributed by atoms with Gasteiger partial charge in [0.05, 0.1) is 7.11 Å². The molecule has 0 aliphatic rings. The standard InChI is InChI=1S/C12H10ClNO3/c1-7-10(11(13)15)14-12(17-7)8-3-5-9(16-2)6-4-8/h3-6H,1-2H3. The van der Waals surface area contributed by atoms with Crippen molar-refractivity contribution >= 4 is 16.8 Å².